The second-order valence-corrected chi connectivity index (χ2v) is 5.14. The van der Waals surface area contributed by atoms with Gasteiger partial charge in [0.05, 0.1) is 19.0 Å². The summed E-state index contributed by atoms with van der Waals surface area (Å²) >= 11 is 3.40. The van der Waals surface area contributed by atoms with E-state index >= 15 is 0 Å². The lowest BCUT2D eigenvalue weighted by atomic mass is 10.3. The number of hydrogen-bond acceptors (Lipinski definition) is 5. The topological polar surface area (TPSA) is 59.1 Å². The number of aromatic nitrogens is 2. The van der Waals surface area contributed by atoms with Gasteiger partial charge in [-0.05, 0) is 34.5 Å². The third-order valence-electron chi connectivity index (χ3n) is 2.70. The molecule has 1 aromatic carbocycles. The number of nitrogens with one attached hydrogen (secondary N) is 2. The van der Waals surface area contributed by atoms with Crippen LogP contribution >= 0.6 is 15.9 Å². The van der Waals surface area contributed by atoms with Gasteiger partial charge in [-0.2, -0.15) is 4.98 Å². The molecule has 0 atom stereocenters. The van der Waals surface area contributed by atoms with Crippen molar-refractivity contribution in [3.63, 3.8) is 0 Å². The van der Waals surface area contributed by atoms with Gasteiger partial charge < -0.3 is 15.4 Å². The molecule has 0 aliphatic rings. The largest absolute Gasteiger partial charge is 0.497 e. The lowest BCUT2D eigenvalue weighted by Gasteiger charge is -2.11. The smallest absolute Gasteiger partial charge is 0.224 e. The van der Waals surface area contributed by atoms with Gasteiger partial charge in [-0.1, -0.05) is 6.92 Å². The number of halogens is 2. The Balaban J connectivity index is 2.26. The van der Waals surface area contributed by atoms with Crippen LogP contribution in [0.2, 0.25) is 0 Å². The molecule has 0 aliphatic heterocycles. The highest BCUT2D eigenvalue weighted by Crippen LogP contribution is 2.30. The molecule has 0 amide bonds. The van der Waals surface area contributed by atoms with E-state index < -0.39 is 5.82 Å². The van der Waals surface area contributed by atoms with Crippen molar-refractivity contribution >= 4 is 33.4 Å². The minimum atomic E-state index is -0.522. The number of nitrogens with zero attached hydrogens (tertiary/aromatic N) is 2. The molecule has 112 valence electrons. The van der Waals surface area contributed by atoms with Crippen molar-refractivity contribution in [3.05, 3.63) is 34.7 Å². The zero-order chi connectivity index (χ0) is 15.2. The third kappa shape index (κ3) is 4.04. The van der Waals surface area contributed by atoms with Crippen LogP contribution in [0.5, 0.6) is 5.75 Å². The van der Waals surface area contributed by atoms with Crippen molar-refractivity contribution in [2.24, 2.45) is 0 Å². The number of methoxy groups -OCH3 is 1. The molecule has 5 nitrogen and oxygen atoms in total. The second-order valence-electron chi connectivity index (χ2n) is 4.29. The quantitative estimate of drug-likeness (QED) is 0.822. The standard InChI is InChI=1S/C14H16BrFN4O/c1-3-6-17-14-18-8-11(16)13(20-14)19-12-7-9(21-2)4-5-10(12)15/h4-5,7-8H,3,6H2,1-2H3,(H2,17,18,19,20). The number of hydrogen-bond donors (Lipinski definition) is 2. The van der Waals surface area contributed by atoms with Crippen LogP contribution in [-0.4, -0.2) is 23.6 Å². The molecular formula is C14H16BrFN4O. The maximum absolute atomic E-state index is 13.8. The van der Waals surface area contributed by atoms with Crippen molar-refractivity contribution in [1.82, 2.24) is 9.97 Å². The molecule has 1 aromatic heterocycles. The van der Waals surface area contributed by atoms with Gasteiger partial charge in [-0.15, -0.1) is 0 Å². The fourth-order valence-electron chi connectivity index (χ4n) is 1.63. The predicted molar refractivity (Wildman–Crippen MR) is 84.7 cm³/mol. The first-order valence-electron chi connectivity index (χ1n) is 6.51. The number of rotatable bonds is 6. The van der Waals surface area contributed by atoms with Crippen LogP contribution in [0.15, 0.2) is 28.9 Å². The molecule has 2 N–H and O–H groups in total. The molecule has 2 rings (SSSR count). The van der Waals surface area contributed by atoms with Gasteiger partial charge in [-0.3, -0.25) is 0 Å². The number of anilines is 3. The molecule has 0 spiro atoms. The molecule has 0 radical (unpaired) electrons. The fraction of sp³-hybridized carbons (Fsp3) is 0.286. The third-order valence-corrected chi connectivity index (χ3v) is 3.40. The summed E-state index contributed by atoms with van der Waals surface area (Å²) in [6, 6.07) is 5.38. The van der Waals surface area contributed by atoms with E-state index in [0.29, 0.717) is 17.4 Å². The Morgan fingerprint density at radius 1 is 1.38 bits per heavy atom. The molecule has 1 heterocycles. The van der Waals surface area contributed by atoms with Crippen molar-refractivity contribution in [1.29, 1.82) is 0 Å². The van der Waals surface area contributed by atoms with Crippen molar-refractivity contribution in [3.8, 4) is 5.75 Å². The lowest BCUT2D eigenvalue weighted by molar-refractivity contribution is 0.415. The van der Waals surface area contributed by atoms with Gasteiger partial charge >= 0.3 is 0 Å². The summed E-state index contributed by atoms with van der Waals surface area (Å²) in [5, 5.41) is 5.96. The molecule has 0 aliphatic carbocycles. The monoisotopic (exact) mass is 354 g/mol. The van der Waals surface area contributed by atoms with Gasteiger partial charge in [0.15, 0.2) is 11.6 Å². The minimum absolute atomic E-state index is 0.109. The van der Waals surface area contributed by atoms with Gasteiger partial charge in [0.1, 0.15) is 5.75 Å². The average molecular weight is 355 g/mol. The Labute approximate surface area is 131 Å². The first-order chi connectivity index (χ1) is 10.1. The summed E-state index contributed by atoms with van der Waals surface area (Å²) in [6.07, 6.45) is 2.08. The summed E-state index contributed by atoms with van der Waals surface area (Å²) in [5.74, 6) is 0.642. The van der Waals surface area contributed by atoms with E-state index in [0.717, 1.165) is 23.6 Å². The summed E-state index contributed by atoms with van der Waals surface area (Å²) in [4.78, 5) is 8.03. The van der Waals surface area contributed by atoms with E-state index in [1.165, 1.54) is 0 Å². The van der Waals surface area contributed by atoms with Gasteiger partial charge in [0.25, 0.3) is 0 Å². The molecule has 7 heteroatoms. The first kappa shape index (κ1) is 15.5. The average Bonchev–Trinajstić information content (AvgIpc) is 2.50. The zero-order valence-electron chi connectivity index (χ0n) is 11.8. The van der Waals surface area contributed by atoms with Gasteiger partial charge in [-0.25, -0.2) is 9.37 Å². The maximum atomic E-state index is 13.8. The van der Waals surface area contributed by atoms with Crippen molar-refractivity contribution in [2.75, 3.05) is 24.3 Å². The Morgan fingerprint density at radius 2 is 2.19 bits per heavy atom. The predicted octanol–water partition coefficient (Wildman–Crippen LogP) is 3.95. The SMILES string of the molecule is CCCNc1ncc(F)c(Nc2cc(OC)ccc2Br)n1. The van der Waals surface area contributed by atoms with Crippen LogP contribution in [0, 0.1) is 5.82 Å². The van der Waals surface area contributed by atoms with E-state index in [9.17, 15) is 4.39 Å². The van der Waals surface area contributed by atoms with Crippen LogP contribution in [0.3, 0.4) is 0 Å². The Bertz CT molecular complexity index is 624. The Hall–Kier alpha value is -1.89. The first-order valence-corrected chi connectivity index (χ1v) is 7.30. The Morgan fingerprint density at radius 3 is 2.90 bits per heavy atom. The molecule has 2 aromatic rings. The lowest BCUT2D eigenvalue weighted by Crippen LogP contribution is -2.07. The summed E-state index contributed by atoms with van der Waals surface area (Å²) in [7, 11) is 1.57. The van der Waals surface area contributed by atoms with E-state index in [4.69, 9.17) is 4.74 Å². The molecule has 21 heavy (non-hydrogen) atoms. The fourth-order valence-corrected chi connectivity index (χ4v) is 1.98. The summed E-state index contributed by atoms with van der Waals surface area (Å²) in [5.41, 5.74) is 0.661. The summed E-state index contributed by atoms with van der Waals surface area (Å²) in [6.45, 7) is 2.76. The Kier molecular flexibility index (Phi) is 5.32. The number of ether oxygens (including phenoxy) is 1. The molecule has 0 unspecified atom stereocenters. The minimum Gasteiger partial charge on any atom is -0.497 e. The van der Waals surface area contributed by atoms with Gasteiger partial charge in [0.2, 0.25) is 5.95 Å². The highest BCUT2D eigenvalue weighted by Gasteiger charge is 2.10. The van der Waals surface area contributed by atoms with Crippen LogP contribution in [0.1, 0.15) is 13.3 Å². The van der Waals surface area contributed by atoms with E-state index in [-0.39, 0.29) is 5.82 Å². The number of benzene rings is 1. The van der Waals surface area contributed by atoms with E-state index in [2.05, 4.69) is 36.5 Å². The van der Waals surface area contributed by atoms with Gasteiger partial charge in [0, 0.05) is 17.1 Å². The summed E-state index contributed by atoms with van der Waals surface area (Å²) < 4.78 is 19.8. The molecule has 0 saturated heterocycles. The zero-order valence-corrected chi connectivity index (χ0v) is 13.4. The van der Waals surface area contributed by atoms with Crippen molar-refractivity contribution < 1.29 is 9.13 Å². The highest BCUT2D eigenvalue weighted by atomic mass is 79.9. The van der Waals surface area contributed by atoms with Crippen LogP contribution in [-0.2, 0) is 0 Å². The van der Waals surface area contributed by atoms with Crippen LogP contribution < -0.4 is 15.4 Å². The molecule has 0 saturated carbocycles. The molecular weight excluding hydrogens is 339 g/mol. The highest BCUT2D eigenvalue weighted by molar-refractivity contribution is 9.10. The van der Waals surface area contributed by atoms with Crippen molar-refractivity contribution in [2.45, 2.75) is 13.3 Å². The van der Waals surface area contributed by atoms with E-state index in [1.54, 1.807) is 19.2 Å². The molecule has 0 fully saturated rings. The second kappa shape index (κ2) is 7.21. The van der Waals surface area contributed by atoms with Crippen LogP contribution in [0.4, 0.5) is 21.8 Å². The maximum Gasteiger partial charge on any atom is 0.224 e. The molecule has 0 bridgehead atoms. The van der Waals surface area contributed by atoms with Crippen LogP contribution in [0.25, 0.3) is 0 Å². The normalized spacial score (nSPS) is 10.3. The van der Waals surface area contributed by atoms with E-state index in [1.807, 2.05) is 13.0 Å².